The third kappa shape index (κ3) is 4.05. The van der Waals surface area contributed by atoms with E-state index in [0.29, 0.717) is 11.4 Å². The molecule has 2 aromatic rings. The summed E-state index contributed by atoms with van der Waals surface area (Å²) in [6, 6.07) is 11.2. The lowest BCUT2D eigenvalue weighted by atomic mass is 10.2. The van der Waals surface area contributed by atoms with Crippen molar-refractivity contribution in [1.29, 1.82) is 0 Å². The molecule has 0 radical (unpaired) electrons. The number of hydrogen-bond acceptors (Lipinski definition) is 2. The summed E-state index contributed by atoms with van der Waals surface area (Å²) in [5.41, 5.74) is 0.924. The van der Waals surface area contributed by atoms with Crippen LogP contribution in [0.25, 0.3) is 0 Å². The van der Waals surface area contributed by atoms with Gasteiger partial charge < -0.3 is 5.32 Å². The Balaban J connectivity index is 2.18. The summed E-state index contributed by atoms with van der Waals surface area (Å²) in [5.74, 6) is -0.525. The Morgan fingerprint density at radius 2 is 1.80 bits per heavy atom. The summed E-state index contributed by atoms with van der Waals surface area (Å²) < 4.78 is 26.9. The van der Waals surface area contributed by atoms with Gasteiger partial charge in [-0.15, -0.1) is 0 Å². The molecule has 0 fully saturated rings. The van der Waals surface area contributed by atoms with E-state index in [1.165, 1.54) is 30.0 Å². The van der Waals surface area contributed by atoms with Crippen LogP contribution in [0.5, 0.6) is 0 Å². The van der Waals surface area contributed by atoms with E-state index < -0.39 is 0 Å². The van der Waals surface area contributed by atoms with Crippen molar-refractivity contribution in [2.75, 3.05) is 6.54 Å². The van der Waals surface area contributed by atoms with Gasteiger partial charge in [-0.2, -0.15) is 0 Å². The zero-order valence-electron chi connectivity index (χ0n) is 11.3. The molecule has 1 N–H and O–H groups in total. The number of benzene rings is 2. The Bertz CT molecular complexity index is 555. The normalized spacial score (nSPS) is 10.8. The van der Waals surface area contributed by atoms with E-state index in [-0.39, 0.29) is 11.6 Å². The van der Waals surface area contributed by atoms with Gasteiger partial charge in [0, 0.05) is 11.4 Å². The molecule has 0 atom stereocenters. The third-order valence-corrected chi connectivity index (χ3v) is 3.99. The van der Waals surface area contributed by atoms with Crippen LogP contribution in [0.15, 0.2) is 52.3 Å². The third-order valence-electron chi connectivity index (χ3n) is 2.82. The average Bonchev–Trinajstić information content (AvgIpc) is 2.45. The van der Waals surface area contributed by atoms with Crippen molar-refractivity contribution in [3.05, 3.63) is 59.7 Å². The molecule has 2 rings (SSSR count). The first-order valence-electron chi connectivity index (χ1n) is 6.62. The Kier molecular flexibility index (Phi) is 5.56. The van der Waals surface area contributed by atoms with Gasteiger partial charge in [0.2, 0.25) is 0 Å². The van der Waals surface area contributed by atoms with E-state index in [1.807, 2.05) is 6.07 Å². The van der Waals surface area contributed by atoms with Crippen molar-refractivity contribution >= 4 is 11.8 Å². The maximum absolute atomic E-state index is 14.0. The standard InChI is InChI=1S/C16H17F2NS/c1-2-10-19-11-12-4-3-5-15(18)16(12)20-14-8-6-13(17)7-9-14/h3-9,19H,2,10-11H2,1H3. The fraction of sp³-hybridized carbons (Fsp3) is 0.250. The highest BCUT2D eigenvalue weighted by atomic mass is 32.2. The van der Waals surface area contributed by atoms with Crippen LogP contribution in [0, 0.1) is 11.6 Å². The monoisotopic (exact) mass is 293 g/mol. The minimum atomic E-state index is -0.285. The Labute approximate surface area is 122 Å². The molecule has 0 aliphatic heterocycles. The molecule has 0 bridgehead atoms. The Hall–Kier alpha value is -1.39. The zero-order valence-corrected chi connectivity index (χ0v) is 12.1. The van der Waals surface area contributed by atoms with Gasteiger partial charge in [0.1, 0.15) is 11.6 Å². The number of nitrogens with one attached hydrogen (secondary N) is 1. The lowest BCUT2D eigenvalue weighted by Gasteiger charge is -2.11. The molecular weight excluding hydrogens is 276 g/mol. The van der Waals surface area contributed by atoms with Crippen LogP contribution in [-0.2, 0) is 6.54 Å². The Morgan fingerprint density at radius 1 is 1.05 bits per heavy atom. The smallest absolute Gasteiger partial charge is 0.137 e. The summed E-state index contributed by atoms with van der Waals surface area (Å²) in [6.45, 7) is 3.62. The van der Waals surface area contributed by atoms with Crippen molar-refractivity contribution in [1.82, 2.24) is 5.32 Å². The van der Waals surface area contributed by atoms with Crippen molar-refractivity contribution in [3.63, 3.8) is 0 Å². The van der Waals surface area contributed by atoms with Gasteiger partial charge in [-0.05, 0) is 48.9 Å². The number of rotatable bonds is 6. The van der Waals surface area contributed by atoms with Gasteiger partial charge in [-0.3, -0.25) is 0 Å². The molecule has 4 heteroatoms. The summed E-state index contributed by atoms with van der Waals surface area (Å²) in [7, 11) is 0. The van der Waals surface area contributed by atoms with Gasteiger partial charge in [0.15, 0.2) is 0 Å². The van der Waals surface area contributed by atoms with Gasteiger partial charge in [-0.1, -0.05) is 30.8 Å². The highest BCUT2D eigenvalue weighted by Crippen LogP contribution is 2.32. The summed E-state index contributed by atoms with van der Waals surface area (Å²) >= 11 is 1.33. The second kappa shape index (κ2) is 7.41. The number of halogens is 2. The quantitative estimate of drug-likeness (QED) is 0.780. The maximum Gasteiger partial charge on any atom is 0.137 e. The molecular formula is C16H17F2NS. The fourth-order valence-corrected chi connectivity index (χ4v) is 2.77. The van der Waals surface area contributed by atoms with E-state index in [2.05, 4.69) is 12.2 Å². The van der Waals surface area contributed by atoms with Gasteiger partial charge >= 0.3 is 0 Å². The molecule has 0 spiro atoms. The Morgan fingerprint density at radius 3 is 2.50 bits per heavy atom. The summed E-state index contributed by atoms with van der Waals surface area (Å²) in [4.78, 5) is 1.43. The summed E-state index contributed by atoms with van der Waals surface area (Å²) in [6.07, 6.45) is 1.04. The number of hydrogen-bond donors (Lipinski definition) is 1. The minimum absolute atomic E-state index is 0.241. The second-order valence-electron chi connectivity index (χ2n) is 4.46. The molecule has 0 heterocycles. The summed E-state index contributed by atoms with van der Waals surface area (Å²) in [5, 5.41) is 3.27. The van der Waals surface area contributed by atoms with Gasteiger partial charge in [-0.25, -0.2) is 8.78 Å². The highest BCUT2D eigenvalue weighted by Gasteiger charge is 2.10. The van der Waals surface area contributed by atoms with E-state index in [4.69, 9.17) is 0 Å². The lowest BCUT2D eigenvalue weighted by molar-refractivity contribution is 0.589. The zero-order chi connectivity index (χ0) is 14.4. The minimum Gasteiger partial charge on any atom is -0.313 e. The molecule has 0 aliphatic rings. The van der Waals surface area contributed by atoms with Crippen LogP contribution in [0.1, 0.15) is 18.9 Å². The molecule has 20 heavy (non-hydrogen) atoms. The van der Waals surface area contributed by atoms with E-state index in [1.54, 1.807) is 18.2 Å². The van der Waals surface area contributed by atoms with Crippen molar-refractivity contribution in [2.45, 2.75) is 29.7 Å². The predicted molar refractivity (Wildman–Crippen MR) is 78.9 cm³/mol. The van der Waals surface area contributed by atoms with Crippen LogP contribution in [0.4, 0.5) is 8.78 Å². The topological polar surface area (TPSA) is 12.0 Å². The predicted octanol–water partition coefficient (Wildman–Crippen LogP) is 4.62. The molecule has 0 aromatic heterocycles. The molecule has 2 aromatic carbocycles. The molecule has 0 saturated carbocycles. The van der Waals surface area contributed by atoms with Crippen molar-refractivity contribution < 1.29 is 8.78 Å². The fourth-order valence-electron chi connectivity index (χ4n) is 1.83. The maximum atomic E-state index is 14.0. The first-order chi connectivity index (χ1) is 9.70. The first-order valence-corrected chi connectivity index (χ1v) is 7.44. The largest absolute Gasteiger partial charge is 0.313 e. The highest BCUT2D eigenvalue weighted by molar-refractivity contribution is 7.99. The van der Waals surface area contributed by atoms with E-state index >= 15 is 0 Å². The van der Waals surface area contributed by atoms with Crippen molar-refractivity contribution in [2.24, 2.45) is 0 Å². The molecule has 0 amide bonds. The van der Waals surface area contributed by atoms with Crippen LogP contribution >= 0.6 is 11.8 Å². The van der Waals surface area contributed by atoms with E-state index in [0.717, 1.165) is 23.4 Å². The van der Waals surface area contributed by atoms with E-state index in [9.17, 15) is 8.78 Å². The van der Waals surface area contributed by atoms with Gasteiger partial charge in [0.25, 0.3) is 0 Å². The molecule has 106 valence electrons. The lowest BCUT2D eigenvalue weighted by Crippen LogP contribution is -2.14. The van der Waals surface area contributed by atoms with Crippen LogP contribution in [0.3, 0.4) is 0 Å². The van der Waals surface area contributed by atoms with Crippen LogP contribution in [0.2, 0.25) is 0 Å². The molecule has 0 unspecified atom stereocenters. The van der Waals surface area contributed by atoms with Gasteiger partial charge in [0.05, 0.1) is 4.90 Å². The second-order valence-corrected chi connectivity index (χ2v) is 5.54. The molecule has 0 aliphatic carbocycles. The molecule has 1 nitrogen and oxygen atoms in total. The average molecular weight is 293 g/mol. The van der Waals surface area contributed by atoms with Crippen LogP contribution < -0.4 is 5.32 Å². The molecule has 0 saturated heterocycles. The SMILES string of the molecule is CCCNCc1cccc(F)c1Sc1ccc(F)cc1. The van der Waals surface area contributed by atoms with Crippen molar-refractivity contribution in [3.8, 4) is 0 Å². The van der Waals surface area contributed by atoms with Crippen LogP contribution in [-0.4, -0.2) is 6.54 Å². The first kappa shape index (κ1) is 15.0.